The Labute approximate surface area is 119 Å². The van der Waals surface area contributed by atoms with Gasteiger partial charge in [0.1, 0.15) is 6.54 Å². The highest BCUT2D eigenvalue weighted by molar-refractivity contribution is 6.35. The highest BCUT2D eigenvalue weighted by atomic mass is 35.5. The molecule has 0 bridgehead atoms. The van der Waals surface area contributed by atoms with Crippen molar-refractivity contribution in [1.82, 2.24) is 4.90 Å². The van der Waals surface area contributed by atoms with Gasteiger partial charge < -0.3 is 5.32 Å². The Morgan fingerprint density at radius 2 is 1.84 bits per heavy atom. The second-order valence-electron chi connectivity index (χ2n) is 4.05. The van der Waals surface area contributed by atoms with Gasteiger partial charge in [-0.25, -0.2) is 0 Å². The predicted molar refractivity (Wildman–Crippen MR) is 71.0 cm³/mol. The number of nitrogens with zero attached hydrogens (tertiary/aromatic N) is 1. The predicted octanol–water partition coefficient (Wildman–Crippen LogP) is 2.08. The molecule has 1 fully saturated rings. The summed E-state index contributed by atoms with van der Waals surface area (Å²) >= 11 is 11.7. The third kappa shape index (κ3) is 3.24. The van der Waals surface area contributed by atoms with Gasteiger partial charge in [0, 0.05) is 17.9 Å². The number of carbonyl (C=O) groups excluding carboxylic acids is 3. The number of carbonyl (C=O) groups is 3. The summed E-state index contributed by atoms with van der Waals surface area (Å²) in [7, 11) is 0. The molecule has 1 saturated heterocycles. The Kier molecular flexibility index (Phi) is 4.07. The van der Waals surface area contributed by atoms with Gasteiger partial charge in [-0.05, 0) is 18.2 Å². The van der Waals surface area contributed by atoms with Gasteiger partial charge in [-0.1, -0.05) is 23.2 Å². The lowest BCUT2D eigenvalue weighted by Crippen LogP contribution is -2.36. The van der Waals surface area contributed by atoms with Gasteiger partial charge in [0.25, 0.3) is 0 Å². The van der Waals surface area contributed by atoms with Crippen LogP contribution >= 0.6 is 23.2 Å². The fourth-order valence-corrected chi connectivity index (χ4v) is 2.06. The zero-order valence-corrected chi connectivity index (χ0v) is 11.3. The molecular weight excluding hydrogens is 291 g/mol. The molecule has 1 aliphatic heterocycles. The van der Waals surface area contributed by atoms with E-state index in [0.29, 0.717) is 15.7 Å². The van der Waals surface area contributed by atoms with E-state index < -0.39 is 5.91 Å². The second-order valence-corrected chi connectivity index (χ2v) is 4.89. The van der Waals surface area contributed by atoms with Gasteiger partial charge >= 0.3 is 0 Å². The molecule has 1 aromatic carbocycles. The van der Waals surface area contributed by atoms with Crippen LogP contribution < -0.4 is 5.32 Å². The van der Waals surface area contributed by atoms with Crippen molar-refractivity contribution in [1.29, 1.82) is 0 Å². The van der Waals surface area contributed by atoms with Crippen LogP contribution in [0.5, 0.6) is 0 Å². The topological polar surface area (TPSA) is 66.5 Å². The SMILES string of the molecule is O=C(CN1C(=O)CCC1=O)Nc1cc(Cl)ccc1Cl. The maximum absolute atomic E-state index is 11.8. The van der Waals surface area contributed by atoms with Gasteiger partial charge in [-0.15, -0.1) is 0 Å². The minimum atomic E-state index is -0.493. The molecule has 3 amide bonds. The summed E-state index contributed by atoms with van der Waals surface area (Å²) < 4.78 is 0. The van der Waals surface area contributed by atoms with Crippen molar-refractivity contribution >= 4 is 46.6 Å². The number of halogens is 2. The number of nitrogens with one attached hydrogen (secondary N) is 1. The molecular formula is C12H10Cl2N2O3. The van der Waals surface area contributed by atoms with Crippen molar-refractivity contribution in [3.63, 3.8) is 0 Å². The minimum absolute atomic E-state index is 0.157. The van der Waals surface area contributed by atoms with E-state index in [0.717, 1.165) is 4.90 Å². The number of rotatable bonds is 3. The summed E-state index contributed by atoms with van der Waals surface area (Å²) in [5.41, 5.74) is 0.346. The minimum Gasteiger partial charge on any atom is -0.323 e. The maximum Gasteiger partial charge on any atom is 0.244 e. The van der Waals surface area contributed by atoms with E-state index in [9.17, 15) is 14.4 Å². The molecule has 0 atom stereocenters. The molecule has 7 heteroatoms. The zero-order chi connectivity index (χ0) is 14.0. The first-order chi connectivity index (χ1) is 8.97. The molecule has 19 heavy (non-hydrogen) atoms. The van der Waals surface area contributed by atoms with E-state index in [2.05, 4.69) is 5.32 Å². The average molecular weight is 301 g/mol. The number of amides is 3. The number of hydrogen-bond donors (Lipinski definition) is 1. The first kappa shape index (κ1) is 13.8. The zero-order valence-electron chi connectivity index (χ0n) is 9.78. The quantitative estimate of drug-likeness (QED) is 0.869. The molecule has 1 N–H and O–H groups in total. The Bertz CT molecular complexity index is 544. The third-order valence-electron chi connectivity index (χ3n) is 2.66. The Hall–Kier alpha value is -1.59. The number of likely N-dealkylation sites (tertiary alicyclic amines) is 1. The molecule has 1 heterocycles. The smallest absolute Gasteiger partial charge is 0.244 e. The van der Waals surface area contributed by atoms with E-state index in [1.807, 2.05) is 0 Å². The average Bonchev–Trinajstić information content (AvgIpc) is 2.65. The van der Waals surface area contributed by atoms with Crippen LogP contribution in [0.25, 0.3) is 0 Å². The lowest BCUT2D eigenvalue weighted by Gasteiger charge is -2.14. The van der Waals surface area contributed by atoms with Crippen molar-refractivity contribution in [2.24, 2.45) is 0 Å². The van der Waals surface area contributed by atoms with Gasteiger partial charge in [0.2, 0.25) is 17.7 Å². The molecule has 1 aromatic rings. The van der Waals surface area contributed by atoms with Crippen molar-refractivity contribution < 1.29 is 14.4 Å². The number of imide groups is 1. The van der Waals surface area contributed by atoms with E-state index in [1.165, 1.54) is 6.07 Å². The fourth-order valence-electron chi connectivity index (χ4n) is 1.73. The van der Waals surface area contributed by atoms with Crippen LogP contribution in [0.4, 0.5) is 5.69 Å². The normalized spacial score (nSPS) is 14.9. The summed E-state index contributed by atoms with van der Waals surface area (Å²) in [6.45, 7) is -0.305. The second kappa shape index (κ2) is 5.59. The van der Waals surface area contributed by atoms with Crippen molar-refractivity contribution in [3.8, 4) is 0 Å². The van der Waals surface area contributed by atoms with Crippen LogP contribution in [0, 0.1) is 0 Å². The van der Waals surface area contributed by atoms with Crippen molar-refractivity contribution in [2.45, 2.75) is 12.8 Å². The first-order valence-electron chi connectivity index (χ1n) is 5.55. The largest absolute Gasteiger partial charge is 0.323 e. The first-order valence-corrected chi connectivity index (χ1v) is 6.31. The Morgan fingerprint density at radius 1 is 1.21 bits per heavy atom. The molecule has 0 spiro atoms. The van der Waals surface area contributed by atoms with Crippen LogP contribution in [-0.4, -0.2) is 29.2 Å². The Balaban J connectivity index is 2.03. The standard InChI is InChI=1S/C12H10Cl2N2O3/c13-7-1-2-8(14)9(5-7)15-10(17)6-16-11(18)3-4-12(16)19/h1-2,5H,3-4,6H2,(H,15,17). The van der Waals surface area contributed by atoms with E-state index in [-0.39, 0.29) is 31.2 Å². The maximum atomic E-state index is 11.8. The number of hydrogen-bond acceptors (Lipinski definition) is 3. The van der Waals surface area contributed by atoms with Crippen molar-refractivity contribution in [3.05, 3.63) is 28.2 Å². The van der Waals surface area contributed by atoms with Crippen LogP contribution in [0.15, 0.2) is 18.2 Å². The Morgan fingerprint density at radius 3 is 2.47 bits per heavy atom. The molecule has 0 radical (unpaired) electrons. The molecule has 0 unspecified atom stereocenters. The highest BCUT2D eigenvalue weighted by Gasteiger charge is 2.30. The van der Waals surface area contributed by atoms with Gasteiger partial charge in [-0.3, -0.25) is 19.3 Å². The van der Waals surface area contributed by atoms with E-state index in [1.54, 1.807) is 12.1 Å². The van der Waals surface area contributed by atoms with Crippen molar-refractivity contribution in [2.75, 3.05) is 11.9 Å². The highest BCUT2D eigenvalue weighted by Crippen LogP contribution is 2.25. The molecule has 5 nitrogen and oxygen atoms in total. The summed E-state index contributed by atoms with van der Waals surface area (Å²) in [5.74, 6) is -1.16. The van der Waals surface area contributed by atoms with Crippen LogP contribution in [-0.2, 0) is 14.4 Å². The molecule has 1 aliphatic rings. The number of anilines is 1. The van der Waals surface area contributed by atoms with E-state index in [4.69, 9.17) is 23.2 Å². The molecule has 0 saturated carbocycles. The lowest BCUT2D eigenvalue weighted by molar-refractivity contribution is -0.141. The summed E-state index contributed by atoms with van der Waals surface area (Å²) in [6.07, 6.45) is 0.314. The number of benzene rings is 1. The fraction of sp³-hybridized carbons (Fsp3) is 0.250. The van der Waals surface area contributed by atoms with E-state index >= 15 is 0 Å². The molecule has 0 aromatic heterocycles. The summed E-state index contributed by atoms with van der Waals surface area (Å²) in [6, 6.07) is 4.63. The molecule has 0 aliphatic carbocycles. The lowest BCUT2D eigenvalue weighted by atomic mass is 10.3. The molecule has 100 valence electrons. The summed E-state index contributed by atoms with van der Waals surface area (Å²) in [5, 5.41) is 3.27. The third-order valence-corrected chi connectivity index (χ3v) is 3.22. The van der Waals surface area contributed by atoms with Gasteiger partial charge in [0.15, 0.2) is 0 Å². The molecule has 2 rings (SSSR count). The van der Waals surface area contributed by atoms with Gasteiger partial charge in [0.05, 0.1) is 10.7 Å². The van der Waals surface area contributed by atoms with Crippen LogP contribution in [0.2, 0.25) is 10.0 Å². The van der Waals surface area contributed by atoms with Crippen LogP contribution in [0.1, 0.15) is 12.8 Å². The van der Waals surface area contributed by atoms with Gasteiger partial charge in [-0.2, -0.15) is 0 Å². The monoisotopic (exact) mass is 300 g/mol. The summed E-state index contributed by atoms with van der Waals surface area (Å²) in [4.78, 5) is 35.4. The van der Waals surface area contributed by atoms with Crippen LogP contribution in [0.3, 0.4) is 0 Å².